The summed E-state index contributed by atoms with van der Waals surface area (Å²) in [7, 11) is -2.68. The molecule has 2 aromatic rings. The minimum absolute atomic E-state index is 0.126. The minimum Gasteiger partial charge on any atom is -0.466 e. The van der Waals surface area contributed by atoms with Crippen molar-refractivity contribution < 1.29 is 23.4 Å². The Bertz CT molecular complexity index is 928. The number of esters is 1. The predicted octanol–water partition coefficient (Wildman–Crippen LogP) is 4.62. The summed E-state index contributed by atoms with van der Waals surface area (Å²) in [5, 5.41) is 2.32. The normalized spacial score (nSPS) is 20.4. The van der Waals surface area contributed by atoms with Crippen LogP contribution in [0.3, 0.4) is 0 Å². The van der Waals surface area contributed by atoms with Crippen LogP contribution in [0.1, 0.15) is 34.1 Å². The lowest BCUT2D eigenvalue weighted by Gasteiger charge is -2.44. The van der Waals surface area contributed by atoms with Gasteiger partial charge in [-0.25, -0.2) is 0 Å². The van der Waals surface area contributed by atoms with Gasteiger partial charge in [0.25, 0.3) is 8.32 Å². The summed E-state index contributed by atoms with van der Waals surface area (Å²) in [6, 6.07) is 21.1. The molecule has 3 atom stereocenters. The fourth-order valence-corrected chi connectivity index (χ4v) is 9.21. The molecule has 6 heteroatoms. The summed E-state index contributed by atoms with van der Waals surface area (Å²) >= 11 is 0. The Labute approximate surface area is 210 Å². The number of ether oxygens (including phenoxy) is 3. The van der Waals surface area contributed by atoms with E-state index in [1.807, 2.05) is 24.3 Å². The first kappa shape index (κ1) is 27.1. The molecule has 0 bridgehead atoms. The Kier molecular flexibility index (Phi) is 9.63. The number of carbonyl (C=O) groups is 1. The molecule has 0 spiro atoms. The molecule has 3 rings (SSSR count). The third-order valence-electron chi connectivity index (χ3n) is 6.20. The standard InChI is InChI=1S/C29H38O5Si/c1-6-20-32-28-23(21-27(30)31-7-2)18-19-24(34-28)22-33-35(29(3,4)5,25-14-10-8-11-15-25)26-16-12-9-13-17-26/h6,8-19,23-24,28H,1,7,20-22H2,2-5H3/t23-,24+,28+/m1/s1. The molecule has 0 N–H and O–H groups in total. The summed E-state index contributed by atoms with van der Waals surface area (Å²) in [5.41, 5.74) is 0. The maximum Gasteiger partial charge on any atom is 0.306 e. The molecule has 0 aromatic heterocycles. The fourth-order valence-electron chi connectivity index (χ4n) is 4.64. The molecule has 0 amide bonds. The van der Waals surface area contributed by atoms with Crippen molar-refractivity contribution in [3.63, 3.8) is 0 Å². The monoisotopic (exact) mass is 494 g/mol. The SMILES string of the molecule is C=CCO[C@H]1O[C@H](CO[Si](c2ccccc2)(c2ccccc2)C(C)(C)C)C=C[C@@H]1CC(=O)OCC. The van der Waals surface area contributed by atoms with E-state index in [0.717, 1.165) is 0 Å². The zero-order chi connectivity index (χ0) is 25.3. The first-order valence-corrected chi connectivity index (χ1v) is 14.2. The summed E-state index contributed by atoms with van der Waals surface area (Å²) in [5.74, 6) is -0.488. The number of carbonyl (C=O) groups excluding carboxylic acids is 1. The van der Waals surface area contributed by atoms with Crippen molar-refractivity contribution in [1.29, 1.82) is 0 Å². The lowest BCUT2D eigenvalue weighted by molar-refractivity contribution is -0.190. The number of hydrogen-bond donors (Lipinski definition) is 0. The summed E-state index contributed by atoms with van der Waals surface area (Å²) in [6.07, 6.45) is 4.98. The van der Waals surface area contributed by atoms with Crippen LogP contribution in [0, 0.1) is 5.92 Å². The van der Waals surface area contributed by atoms with Crippen molar-refractivity contribution in [2.75, 3.05) is 19.8 Å². The van der Waals surface area contributed by atoms with Crippen molar-refractivity contribution in [3.8, 4) is 0 Å². The molecule has 188 valence electrons. The van der Waals surface area contributed by atoms with Crippen LogP contribution in [0.4, 0.5) is 0 Å². The van der Waals surface area contributed by atoms with E-state index in [-0.39, 0.29) is 29.5 Å². The summed E-state index contributed by atoms with van der Waals surface area (Å²) in [6.45, 7) is 13.4. The van der Waals surface area contributed by atoms with E-state index in [9.17, 15) is 4.79 Å². The van der Waals surface area contributed by atoms with Crippen LogP contribution in [-0.2, 0) is 23.4 Å². The highest BCUT2D eigenvalue weighted by Crippen LogP contribution is 2.37. The molecular formula is C29H38O5Si. The second-order valence-electron chi connectivity index (χ2n) is 9.70. The van der Waals surface area contributed by atoms with Crippen LogP contribution in [0.5, 0.6) is 0 Å². The van der Waals surface area contributed by atoms with E-state index >= 15 is 0 Å². The van der Waals surface area contributed by atoms with Gasteiger partial charge in [0.05, 0.1) is 26.2 Å². The highest BCUT2D eigenvalue weighted by Gasteiger charge is 2.50. The fraction of sp³-hybridized carbons (Fsp3) is 0.414. The van der Waals surface area contributed by atoms with Gasteiger partial charge in [0.1, 0.15) is 6.10 Å². The molecule has 0 fully saturated rings. The lowest BCUT2D eigenvalue weighted by Crippen LogP contribution is -2.67. The molecule has 1 heterocycles. The Balaban J connectivity index is 1.88. The van der Waals surface area contributed by atoms with Crippen molar-refractivity contribution in [3.05, 3.63) is 85.5 Å². The van der Waals surface area contributed by atoms with E-state index in [0.29, 0.717) is 19.8 Å². The quantitative estimate of drug-likeness (QED) is 0.259. The van der Waals surface area contributed by atoms with E-state index in [2.05, 4.69) is 75.9 Å². The Morgan fingerprint density at radius 1 is 1.03 bits per heavy atom. The molecule has 5 nitrogen and oxygen atoms in total. The van der Waals surface area contributed by atoms with Gasteiger partial charge < -0.3 is 18.6 Å². The highest BCUT2D eigenvalue weighted by molar-refractivity contribution is 6.99. The van der Waals surface area contributed by atoms with Crippen LogP contribution < -0.4 is 10.4 Å². The zero-order valence-electron chi connectivity index (χ0n) is 21.3. The molecule has 0 radical (unpaired) electrons. The van der Waals surface area contributed by atoms with Gasteiger partial charge in [-0.3, -0.25) is 4.79 Å². The third-order valence-corrected chi connectivity index (χ3v) is 11.2. The van der Waals surface area contributed by atoms with Crippen LogP contribution >= 0.6 is 0 Å². The molecule has 0 unspecified atom stereocenters. The first-order valence-electron chi connectivity index (χ1n) is 12.3. The van der Waals surface area contributed by atoms with Crippen molar-refractivity contribution in [2.45, 2.75) is 51.5 Å². The van der Waals surface area contributed by atoms with Gasteiger partial charge in [-0.15, -0.1) is 6.58 Å². The van der Waals surface area contributed by atoms with E-state index in [1.165, 1.54) is 10.4 Å². The highest BCUT2D eigenvalue weighted by atomic mass is 28.4. The molecule has 0 saturated heterocycles. The third kappa shape index (κ3) is 6.58. The lowest BCUT2D eigenvalue weighted by atomic mass is 10.0. The van der Waals surface area contributed by atoms with E-state index < -0.39 is 14.6 Å². The molecule has 1 aliphatic heterocycles. The van der Waals surface area contributed by atoms with Crippen LogP contribution in [-0.4, -0.2) is 46.5 Å². The molecule has 0 saturated carbocycles. The van der Waals surface area contributed by atoms with Crippen molar-refractivity contribution in [2.24, 2.45) is 5.92 Å². The number of rotatable bonds is 11. The summed E-state index contributed by atoms with van der Waals surface area (Å²) in [4.78, 5) is 12.1. The molecule has 2 aromatic carbocycles. The molecule has 35 heavy (non-hydrogen) atoms. The first-order chi connectivity index (χ1) is 16.8. The Morgan fingerprint density at radius 3 is 2.14 bits per heavy atom. The zero-order valence-corrected chi connectivity index (χ0v) is 22.3. The predicted molar refractivity (Wildman–Crippen MR) is 142 cm³/mol. The van der Waals surface area contributed by atoms with Gasteiger partial charge in [0.2, 0.25) is 0 Å². The van der Waals surface area contributed by atoms with Crippen LogP contribution in [0.25, 0.3) is 0 Å². The van der Waals surface area contributed by atoms with E-state index in [4.69, 9.17) is 18.6 Å². The van der Waals surface area contributed by atoms with Crippen molar-refractivity contribution in [1.82, 2.24) is 0 Å². The topological polar surface area (TPSA) is 54.0 Å². The van der Waals surface area contributed by atoms with E-state index in [1.54, 1.807) is 13.0 Å². The summed E-state index contributed by atoms with van der Waals surface area (Å²) < 4.78 is 24.3. The largest absolute Gasteiger partial charge is 0.466 e. The smallest absolute Gasteiger partial charge is 0.306 e. The maximum atomic E-state index is 12.1. The van der Waals surface area contributed by atoms with Gasteiger partial charge >= 0.3 is 5.97 Å². The average molecular weight is 495 g/mol. The van der Waals surface area contributed by atoms with Gasteiger partial charge in [-0.1, -0.05) is 99.7 Å². The van der Waals surface area contributed by atoms with Gasteiger partial charge in [-0.05, 0) is 22.3 Å². The van der Waals surface area contributed by atoms with Crippen LogP contribution in [0.2, 0.25) is 5.04 Å². The number of benzene rings is 2. The van der Waals surface area contributed by atoms with Gasteiger partial charge in [0, 0.05) is 5.92 Å². The minimum atomic E-state index is -2.68. The second kappa shape index (κ2) is 12.4. The number of hydrogen-bond acceptors (Lipinski definition) is 5. The molecule has 1 aliphatic rings. The maximum absolute atomic E-state index is 12.1. The average Bonchev–Trinajstić information content (AvgIpc) is 2.85. The molecular weight excluding hydrogens is 456 g/mol. The van der Waals surface area contributed by atoms with Crippen LogP contribution in [0.15, 0.2) is 85.5 Å². The Hall–Kier alpha value is -2.51. The molecule has 0 aliphatic carbocycles. The Morgan fingerprint density at radius 2 is 1.63 bits per heavy atom. The van der Waals surface area contributed by atoms with Gasteiger partial charge in [-0.2, -0.15) is 0 Å². The van der Waals surface area contributed by atoms with Gasteiger partial charge in [0.15, 0.2) is 6.29 Å². The van der Waals surface area contributed by atoms with Crippen molar-refractivity contribution >= 4 is 24.7 Å². The second-order valence-corrected chi connectivity index (χ2v) is 14.0.